The Morgan fingerprint density at radius 3 is 2.71 bits per heavy atom. The number of aromatic nitrogens is 5. The minimum atomic E-state index is -0.405. The molecule has 0 bridgehead atoms. The van der Waals surface area contributed by atoms with Crippen molar-refractivity contribution in [3.8, 4) is 11.3 Å². The third-order valence-electron chi connectivity index (χ3n) is 4.75. The van der Waals surface area contributed by atoms with Gasteiger partial charge in [-0.15, -0.1) is 16.4 Å². The first-order chi connectivity index (χ1) is 13.5. The van der Waals surface area contributed by atoms with Gasteiger partial charge in [0.1, 0.15) is 0 Å². The van der Waals surface area contributed by atoms with Crippen molar-refractivity contribution in [2.75, 3.05) is 5.32 Å². The molecule has 0 saturated heterocycles. The number of hydrogen-bond donors (Lipinski definition) is 1. The molecule has 8 heteroatoms. The van der Waals surface area contributed by atoms with E-state index in [1.54, 1.807) is 10.7 Å². The van der Waals surface area contributed by atoms with Crippen LogP contribution in [0.2, 0.25) is 0 Å². The van der Waals surface area contributed by atoms with Crippen molar-refractivity contribution in [1.29, 1.82) is 0 Å². The fourth-order valence-corrected chi connectivity index (χ4v) is 3.55. The fraction of sp³-hybridized carbons (Fsp3) is 0.250. The molecule has 4 aromatic rings. The molecule has 0 saturated carbocycles. The second-order valence-electron chi connectivity index (χ2n) is 6.66. The molecular weight excluding hydrogens is 372 g/mol. The van der Waals surface area contributed by atoms with Gasteiger partial charge in [-0.3, -0.25) is 10.1 Å². The number of hydrogen-bond acceptors (Lipinski definition) is 6. The highest BCUT2D eigenvalue weighted by Gasteiger charge is 2.16. The van der Waals surface area contributed by atoms with Gasteiger partial charge in [-0.1, -0.05) is 38.1 Å². The highest BCUT2D eigenvalue weighted by molar-refractivity contribution is 7.14. The first-order valence-electron chi connectivity index (χ1n) is 9.10. The van der Waals surface area contributed by atoms with Crippen LogP contribution in [-0.4, -0.2) is 30.5 Å². The Labute approximate surface area is 166 Å². The van der Waals surface area contributed by atoms with E-state index < -0.39 is 5.91 Å². The summed E-state index contributed by atoms with van der Waals surface area (Å²) >= 11 is 1.37. The number of benzene rings is 1. The SMILES string of the molecule is CC[C@H](C)c1ccc(-c2csc(NC(=O)c3nc4nccc(C)n4n3)n2)cc1. The molecule has 3 aromatic heterocycles. The summed E-state index contributed by atoms with van der Waals surface area (Å²) in [7, 11) is 0. The van der Waals surface area contributed by atoms with Crippen LogP contribution in [0.1, 0.15) is 48.1 Å². The van der Waals surface area contributed by atoms with Gasteiger partial charge in [-0.05, 0) is 30.9 Å². The maximum absolute atomic E-state index is 12.5. The molecule has 1 atom stereocenters. The Hall–Kier alpha value is -3.13. The molecular formula is C20H20N6OS. The summed E-state index contributed by atoms with van der Waals surface area (Å²) in [5, 5.41) is 9.42. The lowest BCUT2D eigenvalue weighted by atomic mass is 9.97. The van der Waals surface area contributed by atoms with E-state index in [9.17, 15) is 4.79 Å². The molecule has 142 valence electrons. The molecule has 0 unspecified atom stereocenters. The number of nitrogens with one attached hydrogen (secondary N) is 1. The van der Waals surface area contributed by atoms with Crippen molar-refractivity contribution in [2.45, 2.75) is 33.1 Å². The van der Waals surface area contributed by atoms with E-state index in [0.717, 1.165) is 23.4 Å². The molecule has 0 spiro atoms. The number of carbonyl (C=O) groups is 1. The Morgan fingerprint density at radius 2 is 2.00 bits per heavy atom. The Kier molecular flexibility index (Phi) is 4.87. The van der Waals surface area contributed by atoms with Gasteiger partial charge in [0.25, 0.3) is 11.7 Å². The van der Waals surface area contributed by atoms with Crippen molar-refractivity contribution >= 4 is 28.2 Å². The van der Waals surface area contributed by atoms with Gasteiger partial charge >= 0.3 is 0 Å². The number of fused-ring (bicyclic) bond motifs is 1. The quantitative estimate of drug-likeness (QED) is 0.547. The topological polar surface area (TPSA) is 85.1 Å². The number of nitrogens with zero attached hydrogens (tertiary/aromatic N) is 5. The molecule has 0 aliphatic rings. The van der Waals surface area contributed by atoms with E-state index in [2.05, 4.69) is 63.5 Å². The van der Waals surface area contributed by atoms with Crippen LogP contribution in [0.25, 0.3) is 17.0 Å². The summed E-state index contributed by atoms with van der Waals surface area (Å²) in [4.78, 5) is 25.3. The lowest BCUT2D eigenvalue weighted by molar-refractivity contribution is 0.101. The standard InChI is InChI=1S/C20H20N6OS/c1-4-12(2)14-5-7-15(8-6-14)16-11-28-20(22-16)24-18(27)17-23-19-21-10-9-13(3)26(19)25-17/h5-12H,4H2,1-3H3,(H,22,24,27)/t12-/m0/s1. The summed E-state index contributed by atoms with van der Waals surface area (Å²) < 4.78 is 1.54. The molecule has 1 amide bonds. The minimum absolute atomic E-state index is 0.0662. The Balaban J connectivity index is 1.51. The van der Waals surface area contributed by atoms with E-state index >= 15 is 0 Å². The Morgan fingerprint density at radius 1 is 1.21 bits per heavy atom. The van der Waals surface area contributed by atoms with Crippen molar-refractivity contribution in [2.24, 2.45) is 0 Å². The van der Waals surface area contributed by atoms with Gasteiger partial charge in [-0.25, -0.2) is 14.5 Å². The molecule has 1 N–H and O–H groups in total. The zero-order chi connectivity index (χ0) is 19.7. The summed E-state index contributed by atoms with van der Waals surface area (Å²) in [5.74, 6) is 0.594. The largest absolute Gasteiger partial charge is 0.297 e. The molecule has 4 rings (SSSR count). The van der Waals surface area contributed by atoms with Gasteiger partial charge in [0.15, 0.2) is 5.13 Å². The smallest absolute Gasteiger partial charge is 0.295 e. The maximum atomic E-state index is 12.5. The number of amides is 1. The number of carbonyl (C=O) groups excluding carboxylic acids is 1. The van der Waals surface area contributed by atoms with Crippen LogP contribution < -0.4 is 5.32 Å². The van der Waals surface area contributed by atoms with Crippen LogP contribution in [0.4, 0.5) is 5.13 Å². The normalized spacial score (nSPS) is 12.2. The van der Waals surface area contributed by atoms with Gasteiger partial charge in [-0.2, -0.15) is 4.98 Å². The highest BCUT2D eigenvalue weighted by atomic mass is 32.1. The molecule has 0 radical (unpaired) electrons. The number of aryl methyl sites for hydroxylation is 1. The molecule has 0 fully saturated rings. The van der Waals surface area contributed by atoms with Gasteiger partial charge in [0, 0.05) is 22.8 Å². The number of thiazole rings is 1. The van der Waals surface area contributed by atoms with E-state index in [0.29, 0.717) is 16.8 Å². The van der Waals surface area contributed by atoms with Gasteiger partial charge in [0.05, 0.1) is 5.69 Å². The lowest BCUT2D eigenvalue weighted by Crippen LogP contribution is -2.13. The zero-order valence-electron chi connectivity index (χ0n) is 15.9. The number of anilines is 1. The van der Waals surface area contributed by atoms with Crippen LogP contribution in [0.5, 0.6) is 0 Å². The monoisotopic (exact) mass is 392 g/mol. The van der Waals surface area contributed by atoms with Crippen LogP contribution in [0.15, 0.2) is 41.9 Å². The van der Waals surface area contributed by atoms with Crippen LogP contribution >= 0.6 is 11.3 Å². The van der Waals surface area contributed by atoms with E-state index in [1.807, 2.05) is 18.4 Å². The predicted molar refractivity (Wildman–Crippen MR) is 110 cm³/mol. The first kappa shape index (κ1) is 18.2. The second kappa shape index (κ2) is 7.47. The van der Waals surface area contributed by atoms with Crippen LogP contribution in [0, 0.1) is 6.92 Å². The first-order valence-corrected chi connectivity index (χ1v) is 9.98. The molecule has 0 aliphatic heterocycles. The summed E-state index contributed by atoms with van der Waals surface area (Å²) in [6.45, 7) is 6.28. The van der Waals surface area contributed by atoms with Crippen molar-refractivity contribution in [1.82, 2.24) is 24.6 Å². The zero-order valence-corrected chi connectivity index (χ0v) is 16.7. The van der Waals surface area contributed by atoms with Crippen LogP contribution in [-0.2, 0) is 0 Å². The average Bonchev–Trinajstić information content (AvgIpc) is 3.35. The molecule has 28 heavy (non-hydrogen) atoms. The minimum Gasteiger partial charge on any atom is -0.295 e. The summed E-state index contributed by atoms with van der Waals surface area (Å²) in [5.41, 5.74) is 4.02. The van der Waals surface area contributed by atoms with Gasteiger partial charge < -0.3 is 0 Å². The third-order valence-corrected chi connectivity index (χ3v) is 5.50. The lowest BCUT2D eigenvalue weighted by Gasteiger charge is -2.08. The average molecular weight is 392 g/mol. The highest BCUT2D eigenvalue weighted by Crippen LogP contribution is 2.27. The predicted octanol–water partition coefficient (Wildman–Crippen LogP) is 4.32. The summed E-state index contributed by atoms with van der Waals surface area (Å²) in [6.07, 6.45) is 2.75. The second-order valence-corrected chi connectivity index (χ2v) is 7.51. The van der Waals surface area contributed by atoms with Crippen molar-refractivity contribution < 1.29 is 4.79 Å². The Bertz CT molecular complexity index is 1130. The fourth-order valence-electron chi connectivity index (χ4n) is 2.84. The molecule has 7 nitrogen and oxygen atoms in total. The molecule has 1 aromatic carbocycles. The van der Waals surface area contributed by atoms with E-state index in [4.69, 9.17) is 0 Å². The molecule has 0 aliphatic carbocycles. The summed E-state index contributed by atoms with van der Waals surface area (Å²) in [6, 6.07) is 10.2. The van der Waals surface area contributed by atoms with E-state index in [-0.39, 0.29) is 5.82 Å². The number of rotatable bonds is 5. The molecule has 3 heterocycles. The maximum Gasteiger partial charge on any atom is 0.297 e. The third kappa shape index (κ3) is 3.50. The van der Waals surface area contributed by atoms with E-state index in [1.165, 1.54) is 16.9 Å². The van der Waals surface area contributed by atoms with Crippen LogP contribution in [0.3, 0.4) is 0 Å². The van der Waals surface area contributed by atoms with Crippen molar-refractivity contribution in [3.63, 3.8) is 0 Å². The van der Waals surface area contributed by atoms with Crippen molar-refractivity contribution in [3.05, 3.63) is 59.0 Å². The van der Waals surface area contributed by atoms with Gasteiger partial charge in [0.2, 0.25) is 5.82 Å².